The van der Waals surface area contributed by atoms with E-state index in [9.17, 15) is 13.2 Å². The number of hydrogen-bond donors (Lipinski definition) is 0. The summed E-state index contributed by atoms with van der Waals surface area (Å²) in [6.45, 7) is 4.20. The predicted octanol–water partition coefficient (Wildman–Crippen LogP) is 4.32. The molecule has 0 saturated carbocycles. The first-order valence-corrected chi connectivity index (χ1v) is 8.25. The molecule has 1 aliphatic rings. The number of anilines is 1. The summed E-state index contributed by atoms with van der Waals surface area (Å²) in [4.78, 5) is 1.60. The van der Waals surface area contributed by atoms with E-state index >= 15 is 0 Å². The van der Waals surface area contributed by atoms with Crippen molar-refractivity contribution in [1.29, 1.82) is 0 Å². The van der Waals surface area contributed by atoms with Gasteiger partial charge < -0.3 is 13.7 Å². The first-order valence-electron chi connectivity index (χ1n) is 8.25. The first kappa shape index (κ1) is 16.7. The number of nitrogens with zero attached hydrogens (tertiary/aromatic N) is 3. The van der Waals surface area contributed by atoms with Crippen LogP contribution in [-0.2, 0) is 13.0 Å². The molecule has 1 aliphatic heterocycles. The average molecular weight is 363 g/mol. The van der Waals surface area contributed by atoms with E-state index in [0.29, 0.717) is 36.2 Å². The molecule has 0 atom stereocenters. The van der Waals surface area contributed by atoms with Gasteiger partial charge in [0.25, 0.3) is 5.89 Å². The van der Waals surface area contributed by atoms with E-state index in [1.165, 1.54) is 0 Å². The van der Waals surface area contributed by atoms with Crippen molar-refractivity contribution in [1.82, 2.24) is 10.2 Å². The number of fused-ring (bicyclic) bond motifs is 1. The third kappa shape index (κ3) is 2.75. The van der Waals surface area contributed by atoms with Crippen molar-refractivity contribution in [2.75, 3.05) is 11.4 Å². The molecule has 3 heterocycles. The molecule has 0 spiro atoms. The van der Waals surface area contributed by atoms with Gasteiger partial charge in [-0.3, -0.25) is 0 Å². The Balaban J connectivity index is 1.64. The van der Waals surface area contributed by atoms with Crippen LogP contribution in [0.2, 0.25) is 0 Å². The number of furan rings is 1. The fourth-order valence-corrected chi connectivity index (χ4v) is 3.35. The fraction of sp³-hybridized carbons (Fsp3) is 0.333. The van der Waals surface area contributed by atoms with Crippen LogP contribution in [0.5, 0.6) is 0 Å². The van der Waals surface area contributed by atoms with Crippen LogP contribution in [-0.4, -0.2) is 16.7 Å². The number of hydrogen-bond acceptors (Lipinski definition) is 5. The smallest absolute Gasteiger partial charge is 0.251 e. The molecule has 0 aliphatic carbocycles. The molecule has 0 radical (unpaired) electrons. The van der Waals surface area contributed by atoms with Crippen molar-refractivity contribution < 1.29 is 22.0 Å². The summed E-state index contributed by atoms with van der Waals surface area (Å²) in [5, 5.41) is 7.99. The summed E-state index contributed by atoms with van der Waals surface area (Å²) < 4.78 is 52.9. The van der Waals surface area contributed by atoms with E-state index in [1.807, 2.05) is 6.92 Å². The van der Waals surface area contributed by atoms with Crippen molar-refractivity contribution in [2.24, 2.45) is 0 Å². The lowest BCUT2D eigenvalue weighted by Crippen LogP contribution is -2.31. The maximum Gasteiger partial charge on any atom is 0.251 e. The zero-order chi connectivity index (χ0) is 18.4. The van der Waals surface area contributed by atoms with Crippen LogP contribution >= 0.6 is 0 Å². The third-order valence-electron chi connectivity index (χ3n) is 4.48. The zero-order valence-electron chi connectivity index (χ0n) is 14.3. The fourth-order valence-electron chi connectivity index (χ4n) is 3.35. The van der Waals surface area contributed by atoms with E-state index in [4.69, 9.17) is 8.83 Å². The standard InChI is InChI=1S/C18H16F3N3O2/c1-9-6-12(10(2)25-9)18-23-22-15(26-18)8-24-5-3-4-11-16(21)13(19)7-14(20)17(11)24/h6-7H,3-5,8H2,1-2H3. The molecule has 0 fully saturated rings. The molecule has 3 aromatic rings. The van der Waals surface area contributed by atoms with Gasteiger partial charge in [-0.2, -0.15) is 0 Å². The molecular formula is C18H16F3N3O2. The van der Waals surface area contributed by atoms with Crippen LogP contribution in [0.4, 0.5) is 18.9 Å². The van der Waals surface area contributed by atoms with Gasteiger partial charge in [0.05, 0.1) is 17.8 Å². The van der Waals surface area contributed by atoms with Crippen LogP contribution in [0.25, 0.3) is 11.5 Å². The normalized spacial score (nSPS) is 14.0. The summed E-state index contributed by atoms with van der Waals surface area (Å²) in [5.41, 5.74) is 0.805. The Hall–Kier alpha value is -2.77. The molecule has 1 aromatic carbocycles. The summed E-state index contributed by atoms with van der Waals surface area (Å²) in [6, 6.07) is 2.37. The van der Waals surface area contributed by atoms with Crippen molar-refractivity contribution in [3.63, 3.8) is 0 Å². The second-order valence-electron chi connectivity index (χ2n) is 6.33. The molecule has 0 bridgehead atoms. The molecule has 0 N–H and O–H groups in total. The van der Waals surface area contributed by atoms with Gasteiger partial charge in [0.15, 0.2) is 11.6 Å². The van der Waals surface area contributed by atoms with Gasteiger partial charge in [-0.05, 0) is 32.8 Å². The highest BCUT2D eigenvalue weighted by molar-refractivity contribution is 5.58. The van der Waals surface area contributed by atoms with E-state index in [1.54, 1.807) is 17.9 Å². The molecule has 8 heteroatoms. The number of benzene rings is 1. The van der Waals surface area contributed by atoms with E-state index < -0.39 is 17.5 Å². The van der Waals surface area contributed by atoms with Gasteiger partial charge in [0.2, 0.25) is 5.89 Å². The number of halogens is 3. The molecule has 4 rings (SSSR count). The molecule has 2 aromatic heterocycles. The van der Waals surface area contributed by atoms with Gasteiger partial charge in [0, 0.05) is 18.2 Å². The highest BCUT2D eigenvalue weighted by atomic mass is 19.2. The van der Waals surface area contributed by atoms with Crippen molar-refractivity contribution >= 4 is 5.69 Å². The van der Waals surface area contributed by atoms with Crippen LogP contribution in [0.3, 0.4) is 0 Å². The van der Waals surface area contributed by atoms with Gasteiger partial charge in [-0.1, -0.05) is 0 Å². The average Bonchev–Trinajstić information content (AvgIpc) is 3.18. The van der Waals surface area contributed by atoms with E-state index in [2.05, 4.69) is 10.2 Å². The predicted molar refractivity (Wildman–Crippen MR) is 87.2 cm³/mol. The van der Waals surface area contributed by atoms with E-state index in [0.717, 1.165) is 5.76 Å². The van der Waals surface area contributed by atoms with Crippen molar-refractivity contribution in [2.45, 2.75) is 33.2 Å². The Morgan fingerprint density at radius 1 is 1.08 bits per heavy atom. The highest BCUT2D eigenvalue weighted by Gasteiger charge is 2.27. The molecular weight excluding hydrogens is 347 g/mol. The van der Waals surface area contributed by atoms with Crippen LogP contribution in [0.15, 0.2) is 21.0 Å². The second kappa shape index (κ2) is 6.19. The SMILES string of the molecule is Cc1cc(-c2nnc(CN3CCCc4c(F)c(F)cc(F)c43)o2)c(C)o1. The third-order valence-corrected chi connectivity index (χ3v) is 4.48. The lowest BCUT2D eigenvalue weighted by Gasteiger charge is -2.30. The maximum atomic E-state index is 14.3. The van der Waals surface area contributed by atoms with Crippen molar-refractivity contribution in [3.05, 3.63) is 52.6 Å². The van der Waals surface area contributed by atoms with Crippen LogP contribution in [0.1, 0.15) is 29.4 Å². The minimum atomic E-state index is -1.17. The maximum absolute atomic E-state index is 14.3. The van der Waals surface area contributed by atoms with Gasteiger partial charge in [0.1, 0.15) is 17.3 Å². The molecule has 0 saturated heterocycles. The lowest BCUT2D eigenvalue weighted by atomic mass is 10.0. The zero-order valence-corrected chi connectivity index (χ0v) is 14.3. The monoisotopic (exact) mass is 363 g/mol. The molecule has 136 valence electrons. The van der Waals surface area contributed by atoms with Gasteiger partial charge >= 0.3 is 0 Å². The summed E-state index contributed by atoms with van der Waals surface area (Å²) in [6.07, 6.45) is 0.864. The van der Waals surface area contributed by atoms with Crippen LogP contribution < -0.4 is 4.90 Å². The summed E-state index contributed by atoms with van der Waals surface area (Å²) >= 11 is 0. The number of aryl methyl sites for hydroxylation is 2. The highest BCUT2D eigenvalue weighted by Crippen LogP contribution is 2.34. The second-order valence-corrected chi connectivity index (χ2v) is 6.33. The molecule has 5 nitrogen and oxygen atoms in total. The Bertz CT molecular complexity index is 980. The Morgan fingerprint density at radius 3 is 2.62 bits per heavy atom. The van der Waals surface area contributed by atoms with Crippen LogP contribution in [0, 0.1) is 31.3 Å². The molecule has 26 heavy (non-hydrogen) atoms. The summed E-state index contributed by atoms with van der Waals surface area (Å²) in [5.74, 6) is -1.02. The Labute approximate surface area is 147 Å². The van der Waals surface area contributed by atoms with E-state index in [-0.39, 0.29) is 30.1 Å². The van der Waals surface area contributed by atoms with Crippen molar-refractivity contribution in [3.8, 4) is 11.5 Å². The van der Waals surface area contributed by atoms with Gasteiger partial charge in [-0.15, -0.1) is 10.2 Å². The Kier molecular flexibility index (Phi) is 3.97. The Morgan fingerprint density at radius 2 is 1.88 bits per heavy atom. The largest absolute Gasteiger partial charge is 0.466 e. The minimum absolute atomic E-state index is 0.0507. The first-order chi connectivity index (χ1) is 12.4. The quantitative estimate of drug-likeness (QED) is 0.649. The molecule has 0 amide bonds. The molecule has 0 unspecified atom stereocenters. The summed E-state index contributed by atoms with van der Waals surface area (Å²) in [7, 11) is 0. The minimum Gasteiger partial charge on any atom is -0.466 e. The number of rotatable bonds is 3. The van der Waals surface area contributed by atoms with Gasteiger partial charge in [-0.25, -0.2) is 13.2 Å². The number of aromatic nitrogens is 2. The topological polar surface area (TPSA) is 55.3 Å². The lowest BCUT2D eigenvalue weighted by molar-refractivity contribution is 0.463.